The lowest BCUT2D eigenvalue weighted by Gasteiger charge is -2.09. The van der Waals surface area contributed by atoms with Crippen LogP contribution in [0.3, 0.4) is 0 Å². The summed E-state index contributed by atoms with van der Waals surface area (Å²) < 4.78 is 31.5. The van der Waals surface area contributed by atoms with Gasteiger partial charge in [-0.3, -0.25) is 0 Å². The molecule has 1 aromatic carbocycles. The van der Waals surface area contributed by atoms with Gasteiger partial charge in [-0.05, 0) is 24.5 Å². The van der Waals surface area contributed by atoms with Crippen molar-refractivity contribution in [3.05, 3.63) is 29.8 Å². The van der Waals surface area contributed by atoms with Crippen molar-refractivity contribution in [3.63, 3.8) is 0 Å². The minimum atomic E-state index is -3.67. The van der Waals surface area contributed by atoms with Crippen molar-refractivity contribution in [3.8, 4) is 0 Å². The van der Waals surface area contributed by atoms with Crippen molar-refractivity contribution < 1.29 is 17.9 Å². The number of carbonyl (C=O) groups is 1. The number of nitrogens with one attached hydrogen (secondary N) is 1. The van der Waals surface area contributed by atoms with E-state index in [0.717, 1.165) is 6.42 Å². The van der Waals surface area contributed by atoms with Crippen LogP contribution in [0.5, 0.6) is 0 Å². The fourth-order valence-electron chi connectivity index (χ4n) is 1.73. The average Bonchev–Trinajstić information content (AvgIpc) is 3.03. The average molecular weight is 269 g/mol. The maximum Gasteiger partial charge on any atom is 0.339 e. The van der Waals surface area contributed by atoms with Gasteiger partial charge in [0.05, 0.1) is 17.6 Å². The van der Waals surface area contributed by atoms with Gasteiger partial charge in [0, 0.05) is 6.04 Å². The molecule has 2 unspecified atom stereocenters. The first-order valence-electron chi connectivity index (χ1n) is 5.65. The summed E-state index contributed by atoms with van der Waals surface area (Å²) in [6, 6.07) is 6.00. The second-order valence-corrected chi connectivity index (χ2v) is 6.11. The van der Waals surface area contributed by atoms with Crippen LogP contribution < -0.4 is 4.72 Å². The second kappa shape index (κ2) is 4.70. The van der Waals surface area contributed by atoms with E-state index in [1.807, 2.05) is 6.92 Å². The Hall–Kier alpha value is -1.40. The van der Waals surface area contributed by atoms with E-state index in [2.05, 4.69) is 9.46 Å². The molecule has 1 aromatic rings. The molecular formula is C12H15NO4S. The number of methoxy groups -OCH3 is 1. The number of hydrogen-bond donors (Lipinski definition) is 1. The van der Waals surface area contributed by atoms with Gasteiger partial charge < -0.3 is 4.74 Å². The second-order valence-electron chi connectivity index (χ2n) is 4.43. The lowest BCUT2D eigenvalue weighted by atomic mass is 10.2. The van der Waals surface area contributed by atoms with Gasteiger partial charge in [0.15, 0.2) is 0 Å². The van der Waals surface area contributed by atoms with Gasteiger partial charge in [0.1, 0.15) is 0 Å². The van der Waals surface area contributed by atoms with E-state index >= 15 is 0 Å². The highest BCUT2D eigenvalue weighted by molar-refractivity contribution is 7.89. The predicted octanol–water partition coefficient (Wildman–Crippen LogP) is 1.16. The third-order valence-electron chi connectivity index (χ3n) is 3.00. The Bertz CT molecular complexity index is 567. The van der Waals surface area contributed by atoms with Crippen LogP contribution in [0.25, 0.3) is 0 Å². The highest BCUT2D eigenvalue weighted by Crippen LogP contribution is 2.31. The van der Waals surface area contributed by atoms with Crippen molar-refractivity contribution in [1.29, 1.82) is 0 Å². The Morgan fingerprint density at radius 3 is 2.56 bits per heavy atom. The fourth-order valence-corrected chi connectivity index (χ4v) is 3.28. The summed E-state index contributed by atoms with van der Waals surface area (Å²) >= 11 is 0. The van der Waals surface area contributed by atoms with Crippen molar-refractivity contribution in [2.75, 3.05) is 7.11 Å². The molecule has 1 aliphatic carbocycles. The van der Waals surface area contributed by atoms with E-state index in [1.54, 1.807) is 12.1 Å². The molecule has 1 aliphatic rings. The third-order valence-corrected chi connectivity index (χ3v) is 4.55. The molecule has 0 radical (unpaired) electrons. The number of benzene rings is 1. The maximum atomic E-state index is 12.2. The van der Waals surface area contributed by atoms with Gasteiger partial charge in [0.25, 0.3) is 0 Å². The molecule has 1 N–H and O–H groups in total. The van der Waals surface area contributed by atoms with Crippen molar-refractivity contribution >= 4 is 16.0 Å². The topological polar surface area (TPSA) is 72.5 Å². The Kier molecular flexibility index (Phi) is 3.41. The molecular weight excluding hydrogens is 254 g/mol. The standard InChI is InChI=1S/C12H15NO4S/c1-8-7-10(8)13-18(15,16)11-6-4-3-5-9(11)12(14)17-2/h3-6,8,10,13H,7H2,1-2H3. The smallest absolute Gasteiger partial charge is 0.339 e. The van der Waals surface area contributed by atoms with Crippen LogP contribution in [0.4, 0.5) is 0 Å². The molecule has 1 saturated carbocycles. The molecule has 0 saturated heterocycles. The molecule has 0 bridgehead atoms. The zero-order valence-corrected chi connectivity index (χ0v) is 11.0. The van der Waals surface area contributed by atoms with Gasteiger partial charge in [-0.1, -0.05) is 19.1 Å². The molecule has 2 atom stereocenters. The number of esters is 1. The van der Waals surface area contributed by atoms with E-state index in [9.17, 15) is 13.2 Å². The number of carbonyl (C=O) groups excluding carboxylic acids is 1. The largest absolute Gasteiger partial charge is 0.465 e. The number of sulfonamides is 1. The Balaban J connectivity index is 2.35. The SMILES string of the molecule is COC(=O)c1ccccc1S(=O)(=O)NC1CC1C. The molecule has 1 fully saturated rings. The predicted molar refractivity (Wildman–Crippen MR) is 65.7 cm³/mol. The molecule has 6 heteroatoms. The van der Waals surface area contributed by atoms with Crippen LogP contribution in [-0.2, 0) is 14.8 Å². The number of rotatable bonds is 4. The molecule has 0 aliphatic heterocycles. The molecule has 0 spiro atoms. The van der Waals surface area contributed by atoms with Gasteiger partial charge in [-0.25, -0.2) is 17.9 Å². The van der Waals surface area contributed by atoms with Crippen LogP contribution in [0.2, 0.25) is 0 Å². The zero-order valence-electron chi connectivity index (χ0n) is 10.2. The van der Waals surface area contributed by atoms with Crippen LogP contribution >= 0.6 is 0 Å². The third kappa shape index (κ3) is 2.54. The van der Waals surface area contributed by atoms with E-state index in [0.29, 0.717) is 5.92 Å². The molecule has 18 heavy (non-hydrogen) atoms. The van der Waals surface area contributed by atoms with Gasteiger partial charge >= 0.3 is 5.97 Å². The molecule has 98 valence electrons. The van der Waals surface area contributed by atoms with Gasteiger partial charge in [-0.2, -0.15) is 0 Å². The van der Waals surface area contributed by atoms with E-state index < -0.39 is 16.0 Å². The first-order valence-corrected chi connectivity index (χ1v) is 7.13. The highest BCUT2D eigenvalue weighted by Gasteiger charge is 2.37. The van der Waals surface area contributed by atoms with Crippen LogP contribution in [0.15, 0.2) is 29.2 Å². The summed E-state index contributed by atoms with van der Waals surface area (Å²) in [5, 5.41) is 0. The van der Waals surface area contributed by atoms with E-state index in [-0.39, 0.29) is 16.5 Å². The van der Waals surface area contributed by atoms with Crippen molar-refractivity contribution in [1.82, 2.24) is 4.72 Å². The normalized spacial score (nSPS) is 22.6. The first-order chi connectivity index (χ1) is 8.45. The van der Waals surface area contributed by atoms with Gasteiger partial charge in [0.2, 0.25) is 10.0 Å². The molecule has 2 rings (SSSR count). The van der Waals surface area contributed by atoms with E-state index in [4.69, 9.17) is 0 Å². The minimum absolute atomic E-state index is 0.0271. The van der Waals surface area contributed by atoms with Crippen molar-refractivity contribution in [2.45, 2.75) is 24.3 Å². The summed E-state index contributed by atoms with van der Waals surface area (Å²) in [5.74, 6) is -0.301. The zero-order chi connectivity index (χ0) is 13.3. The van der Waals surface area contributed by atoms with Crippen LogP contribution in [0, 0.1) is 5.92 Å². The maximum absolute atomic E-state index is 12.2. The minimum Gasteiger partial charge on any atom is -0.465 e. The van der Waals surface area contributed by atoms with Gasteiger partial charge in [-0.15, -0.1) is 0 Å². The lowest BCUT2D eigenvalue weighted by molar-refractivity contribution is 0.0596. The molecule has 0 amide bonds. The summed E-state index contributed by atoms with van der Waals surface area (Å²) in [7, 11) is -2.44. The number of ether oxygens (including phenoxy) is 1. The molecule has 0 aromatic heterocycles. The fraction of sp³-hybridized carbons (Fsp3) is 0.417. The lowest BCUT2D eigenvalue weighted by Crippen LogP contribution is -2.28. The Morgan fingerprint density at radius 2 is 2.00 bits per heavy atom. The summed E-state index contributed by atoms with van der Waals surface area (Å²) in [5.41, 5.74) is 0.0563. The monoisotopic (exact) mass is 269 g/mol. The molecule has 0 heterocycles. The summed E-state index contributed by atoms with van der Waals surface area (Å²) in [6.07, 6.45) is 0.833. The quantitative estimate of drug-likeness (QED) is 0.832. The summed E-state index contributed by atoms with van der Waals surface area (Å²) in [4.78, 5) is 11.5. The van der Waals surface area contributed by atoms with Crippen LogP contribution in [-0.4, -0.2) is 27.5 Å². The molecule has 5 nitrogen and oxygen atoms in total. The number of hydrogen-bond acceptors (Lipinski definition) is 4. The Morgan fingerprint density at radius 1 is 1.39 bits per heavy atom. The van der Waals surface area contributed by atoms with Crippen molar-refractivity contribution in [2.24, 2.45) is 5.92 Å². The van der Waals surface area contributed by atoms with Crippen LogP contribution in [0.1, 0.15) is 23.7 Å². The Labute approximate surface area is 106 Å². The first kappa shape index (κ1) is 13.0. The highest BCUT2D eigenvalue weighted by atomic mass is 32.2. The summed E-state index contributed by atoms with van der Waals surface area (Å²) in [6.45, 7) is 1.97. The van der Waals surface area contributed by atoms with E-state index in [1.165, 1.54) is 19.2 Å².